The molecule has 1 aliphatic heterocycles. The van der Waals surface area contributed by atoms with Crippen molar-refractivity contribution in [3.8, 4) is 0 Å². The van der Waals surface area contributed by atoms with E-state index in [0.29, 0.717) is 18.7 Å². The Labute approximate surface area is 108 Å². The number of nitrogens with zero attached hydrogens (tertiary/aromatic N) is 1. The van der Waals surface area contributed by atoms with Crippen molar-refractivity contribution in [1.82, 2.24) is 10.2 Å². The standard InChI is InChI=1S/C12H13BrN2O2/c1-8-2-3-9(10(13)6-8)12(17)15-5-4-14-11(16)7-15/h2-3,6H,4-5,7H2,1H3,(H,14,16). The summed E-state index contributed by atoms with van der Waals surface area (Å²) in [6.45, 7) is 3.19. The van der Waals surface area contributed by atoms with Crippen molar-refractivity contribution in [3.63, 3.8) is 0 Å². The van der Waals surface area contributed by atoms with Gasteiger partial charge in [0.1, 0.15) is 0 Å². The zero-order valence-corrected chi connectivity index (χ0v) is 11.1. The Hall–Kier alpha value is -1.36. The number of carbonyl (C=O) groups excluding carboxylic acids is 2. The Kier molecular flexibility index (Phi) is 3.47. The van der Waals surface area contributed by atoms with E-state index in [1.165, 1.54) is 0 Å². The molecule has 90 valence electrons. The number of nitrogens with one attached hydrogen (secondary N) is 1. The number of piperazine rings is 1. The largest absolute Gasteiger partial charge is 0.353 e. The van der Waals surface area contributed by atoms with E-state index in [1.807, 2.05) is 19.1 Å². The van der Waals surface area contributed by atoms with Crippen LogP contribution in [0.1, 0.15) is 15.9 Å². The Balaban J connectivity index is 2.21. The molecular weight excluding hydrogens is 284 g/mol. The summed E-state index contributed by atoms with van der Waals surface area (Å²) in [7, 11) is 0. The van der Waals surface area contributed by atoms with E-state index in [4.69, 9.17) is 0 Å². The lowest BCUT2D eigenvalue weighted by Crippen LogP contribution is -2.50. The van der Waals surface area contributed by atoms with Crippen LogP contribution < -0.4 is 5.32 Å². The van der Waals surface area contributed by atoms with E-state index in [2.05, 4.69) is 21.2 Å². The Morgan fingerprint density at radius 3 is 2.88 bits per heavy atom. The lowest BCUT2D eigenvalue weighted by Gasteiger charge is -2.27. The number of hydrogen-bond donors (Lipinski definition) is 1. The molecule has 0 bridgehead atoms. The zero-order valence-electron chi connectivity index (χ0n) is 9.50. The predicted octanol–water partition coefficient (Wildman–Crippen LogP) is 1.33. The van der Waals surface area contributed by atoms with Crippen LogP contribution in [0.25, 0.3) is 0 Å². The summed E-state index contributed by atoms with van der Waals surface area (Å²) in [5.41, 5.74) is 1.69. The summed E-state index contributed by atoms with van der Waals surface area (Å²) in [4.78, 5) is 25.0. The van der Waals surface area contributed by atoms with Crippen molar-refractivity contribution in [2.75, 3.05) is 19.6 Å². The van der Waals surface area contributed by atoms with Gasteiger partial charge in [-0.3, -0.25) is 9.59 Å². The third-order valence-corrected chi connectivity index (χ3v) is 3.34. The first-order valence-electron chi connectivity index (χ1n) is 5.40. The molecule has 0 saturated carbocycles. The van der Waals surface area contributed by atoms with Gasteiger partial charge in [0.05, 0.1) is 12.1 Å². The number of hydrogen-bond acceptors (Lipinski definition) is 2. The number of amides is 2. The number of rotatable bonds is 1. The van der Waals surface area contributed by atoms with Crippen LogP contribution in [0, 0.1) is 6.92 Å². The van der Waals surface area contributed by atoms with Crippen LogP contribution in [0.3, 0.4) is 0 Å². The Bertz CT molecular complexity index is 474. The molecule has 17 heavy (non-hydrogen) atoms. The van der Waals surface area contributed by atoms with Gasteiger partial charge in [-0.05, 0) is 40.5 Å². The molecule has 0 aromatic heterocycles. The molecule has 0 spiro atoms. The summed E-state index contributed by atoms with van der Waals surface area (Å²) < 4.78 is 0.772. The first kappa shape index (κ1) is 12.1. The summed E-state index contributed by atoms with van der Waals surface area (Å²) >= 11 is 3.38. The van der Waals surface area contributed by atoms with Crippen molar-refractivity contribution in [2.24, 2.45) is 0 Å². The highest BCUT2D eigenvalue weighted by Crippen LogP contribution is 2.20. The van der Waals surface area contributed by atoms with E-state index < -0.39 is 0 Å². The van der Waals surface area contributed by atoms with Gasteiger partial charge in [-0.25, -0.2) is 0 Å². The van der Waals surface area contributed by atoms with Gasteiger partial charge in [0.2, 0.25) is 5.91 Å². The van der Waals surface area contributed by atoms with Crippen molar-refractivity contribution in [2.45, 2.75) is 6.92 Å². The van der Waals surface area contributed by atoms with Gasteiger partial charge in [-0.15, -0.1) is 0 Å². The fraction of sp³-hybridized carbons (Fsp3) is 0.333. The minimum absolute atomic E-state index is 0.104. The van der Waals surface area contributed by atoms with Gasteiger partial charge in [0.15, 0.2) is 0 Å². The molecule has 1 saturated heterocycles. The molecule has 1 heterocycles. The van der Waals surface area contributed by atoms with Gasteiger partial charge < -0.3 is 10.2 Å². The lowest BCUT2D eigenvalue weighted by molar-refractivity contribution is -0.123. The second-order valence-electron chi connectivity index (χ2n) is 4.06. The molecular formula is C12H13BrN2O2. The van der Waals surface area contributed by atoms with Gasteiger partial charge in [-0.1, -0.05) is 6.07 Å². The maximum Gasteiger partial charge on any atom is 0.255 e. The Morgan fingerprint density at radius 1 is 1.47 bits per heavy atom. The molecule has 0 aliphatic carbocycles. The smallest absolute Gasteiger partial charge is 0.255 e. The molecule has 0 unspecified atom stereocenters. The molecule has 4 nitrogen and oxygen atoms in total. The molecule has 1 N–H and O–H groups in total. The highest BCUT2D eigenvalue weighted by Gasteiger charge is 2.23. The lowest BCUT2D eigenvalue weighted by atomic mass is 10.1. The predicted molar refractivity (Wildman–Crippen MR) is 67.8 cm³/mol. The molecule has 1 aliphatic rings. The third kappa shape index (κ3) is 2.66. The minimum Gasteiger partial charge on any atom is -0.353 e. The maximum absolute atomic E-state index is 12.2. The molecule has 1 fully saturated rings. The molecule has 0 radical (unpaired) electrons. The molecule has 0 atom stereocenters. The van der Waals surface area contributed by atoms with E-state index in [0.717, 1.165) is 10.0 Å². The third-order valence-electron chi connectivity index (χ3n) is 2.68. The van der Waals surface area contributed by atoms with Crippen LogP contribution in [-0.4, -0.2) is 36.3 Å². The van der Waals surface area contributed by atoms with Crippen molar-refractivity contribution in [3.05, 3.63) is 33.8 Å². The fourth-order valence-corrected chi connectivity index (χ4v) is 2.44. The van der Waals surface area contributed by atoms with Crippen LogP contribution in [0.2, 0.25) is 0 Å². The summed E-state index contributed by atoms with van der Waals surface area (Å²) in [5.74, 6) is -0.209. The average molecular weight is 297 g/mol. The molecule has 2 amide bonds. The zero-order chi connectivity index (χ0) is 12.4. The second kappa shape index (κ2) is 4.87. The molecule has 1 aromatic rings. The minimum atomic E-state index is -0.105. The number of carbonyl (C=O) groups is 2. The van der Waals surface area contributed by atoms with Crippen molar-refractivity contribution in [1.29, 1.82) is 0 Å². The Morgan fingerprint density at radius 2 is 2.24 bits per heavy atom. The van der Waals surface area contributed by atoms with Crippen LogP contribution in [0.5, 0.6) is 0 Å². The van der Waals surface area contributed by atoms with E-state index in [-0.39, 0.29) is 18.4 Å². The summed E-state index contributed by atoms with van der Waals surface area (Å²) in [6.07, 6.45) is 0. The van der Waals surface area contributed by atoms with Crippen LogP contribution >= 0.6 is 15.9 Å². The van der Waals surface area contributed by atoms with Crippen molar-refractivity contribution >= 4 is 27.7 Å². The highest BCUT2D eigenvalue weighted by molar-refractivity contribution is 9.10. The maximum atomic E-state index is 12.2. The van der Waals surface area contributed by atoms with Crippen LogP contribution in [0.15, 0.2) is 22.7 Å². The van der Waals surface area contributed by atoms with Gasteiger partial charge in [0.25, 0.3) is 5.91 Å². The molecule has 1 aromatic carbocycles. The monoisotopic (exact) mass is 296 g/mol. The van der Waals surface area contributed by atoms with Gasteiger partial charge in [0, 0.05) is 17.6 Å². The summed E-state index contributed by atoms with van der Waals surface area (Å²) in [5, 5.41) is 2.70. The molecule has 5 heteroatoms. The SMILES string of the molecule is Cc1ccc(C(=O)N2CCNC(=O)C2)c(Br)c1. The van der Waals surface area contributed by atoms with E-state index in [1.54, 1.807) is 11.0 Å². The first-order valence-corrected chi connectivity index (χ1v) is 6.19. The quantitative estimate of drug-likeness (QED) is 0.850. The molecule has 2 rings (SSSR count). The van der Waals surface area contributed by atoms with Gasteiger partial charge in [-0.2, -0.15) is 0 Å². The average Bonchev–Trinajstić information content (AvgIpc) is 2.28. The van der Waals surface area contributed by atoms with E-state index in [9.17, 15) is 9.59 Å². The van der Waals surface area contributed by atoms with Crippen LogP contribution in [-0.2, 0) is 4.79 Å². The number of benzene rings is 1. The summed E-state index contributed by atoms with van der Waals surface area (Å²) in [6, 6.07) is 5.58. The number of halogens is 1. The van der Waals surface area contributed by atoms with Crippen molar-refractivity contribution < 1.29 is 9.59 Å². The topological polar surface area (TPSA) is 49.4 Å². The number of aryl methyl sites for hydroxylation is 1. The van der Waals surface area contributed by atoms with E-state index >= 15 is 0 Å². The van der Waals surface area contributed by atoms with Gasteiger partial charge >= 0.3 is 0 Å². The normalized spacial score (nSPS) is 15.6. The highest BCUT2D eigenvalue weighted by atomic mass is 79.9. The fourth-order valence-electron chi connectivity index (χ4n) is 1.78. The second-order valence-corrected chi connectivity index (χ2v) is 4.91. The van der Waals surface area contributed by atoms with Crippen LogP contribution in [0.4, 0.5) is 0 Å². The first-order chi connectivity index (χ1) is 8.08.